The summed E-state index contributed by atoms with van der Waals surface area (Å²) in [5.41, 5.74) is 4.85. The quantitative estimate of drug-likeness (QED) is 0.671. The third-order valence-corrected chi connectivity index (χ3v) is 5.14. The number of hydrogen-bond donors (Lipinski definition) is 3. The second-order valence-electron chi connectivity index (χ2n) is 6.13. The molecular weight excluding hydrogens is 334 g/mol. The molecule has 0 saturated carbocycles. The van der Waals surface area contributed by atoms with Gasteiger partial charge in [0.05, 0.1) is 17.9 Å². The van der Waals surface area contributed by atoms with E-state index in [2.05, 4.69) is 50.7 Å². The molecule has 3 N–H and O–H groups in total. The van der Waals surface area contributed by atoms with Crippen molar-refractivity contribution in [1.82, 2.24) is 20.3 Å². The van der Waals surface area contributed by atoms with Crippen LogP contribution in [-0.4, -0.2) is 21.5 Å². The number of aromatic amines is 1. The summed E-state index contributed by atoms with van der Waals surface area (Å²) in [7, 11) is 0. The summed E-state index contributed by atoms with van der Waals surface area (Å²) in [4.78, 5) is 24.1. The van der Waals surface area contributed by atoms with E-state index in [1.807, 2.05) is 11.4 Å². The van der Waals surface area contributed by atoms with Gasteiger partial charge in [0, 0.05) is 23.1 Å². The highest BCUT2D eigenvalue weighted by Crippen LogP contribution is 2.24. The second-order valence-corrected chi connectivity index (χ2v) is 6.99. The van der Waals surface area contributed by atoms with Crippen LogP contribution < -0.4 is 16.2 Å². The second kappa shape index (κ2) is 6.78. The average Bonchev–Trinajstić information content (AvgIpc) is 3.09. The molecule has 128 valence electrons. The van der Waals surface area contributed by atoms with Crippen molar-refractivity contribution >= 4 is 17.3 Å². The summed E-state index contributed by atoms with van der Waals surface area (Å²) in [6, 6.07) is 8.32. The fraction of sp³-hybridized carbons (Fsp3) is 0.278. The molecule has 3 aromatic rings. The summed E-state index contributed by atoms with van der Waals surface area (Å²) in [6.07, 6.45) is 0.726. The van der Waals surface area contributed by atoms with Gasteiger partial charge in [-0.15, -0.1) is 11.3 Å². The molecule has 0 amide bonds. The summed E-state index contributed by atoms with van der Waals surface area (Å²) < 4.78 is 0. The van der Waals surface area contributed by atoms with Gasteiger partial charge in [0.25, 0.3) is 5.56 Å². The van der Waals surface area contributed by atoms with Gasteiger partial charge in [-0.25, -0.2) is 9.97 Å². The van der Waals surface area contributed by atoms with Crippen LogP contribution in [0, 0.1) is 6.92 Å². The number of fused-ring (bicyclic) bond motifs is 1. The Kier molecular flexibility index (Phi) is 4.33. The molecule has 0 saturated heterocycles. The molecule has 1 aromatic carbocycles. The number of thiazole rings is 1. The lowest BCUT2D eigenvalue weighted by Gasteiger charge is -2.16. The summed E-state index contributed by atoms with van der Waals surface area (Å²) in [5.74, 6) is 0.498. The first-order chi connectivity index (χ1) is 12.2. The lowest BCUT2D eigenvalue weighted by Crippen LogP contribution is -2.31. The lowest BCUT2D eigenvalue weighted by molar-refractivity contribution is 0.619. The first kappa shape index (κ1) is 16.0. The number of aromatic nitrogens is 3. The monoisotopic (exact) mass is 353 g/mol. The maximum atomic E-state index is 12.1. The van der Waals surface area contributed by atoms with Gasteiger partial charge in [-0.05, 0) is 26.0 Å². The Balaban J connectivity index is 1.49. The molecule has 0 bridgehead atoms. The van der Waals surface area contributed by atoms with E-state index in [1.54, 1.807) is 11.3 Å². The van der Waals surface area contributed by atoms with E-state index in [9.17, 15) is 4.79 Å². The number of nitrogens with zero attached hydrogens (tertiary/aromatic N) is 2. The molecule has 3 heterocycles. The summed E-state index contributed by atoms with van der Waals surface area (Å²) in [6.45, 7) is 4.07. The normalized spacial score (nSPS) is 13.5. The molecule has 0 spiro atoms. The number of anilines is 1. The van der Waals surface area contributed by atoms with Gasteiger partial charge >= 0.3 is 0 Å². The molecule has 0 atom stereocenters. The molecule has 25 heavy (non-hydrogen) atoms. The Bertz CT molecular complexity index is 962. The minimum Gasteiger partial charge on any atom is -0.350 e. The van der Waals surface area contributed by atoms with Crippen molar-refractivity contribution in [3.05, 3.63) is 62.5 Å². The van der Waals surface area contributed by atoms with E-state index in [0.717, 1.165) is 40.5 Å². The molecule has 7 heteroatoms. The molecule has 0 fully saturated rings. The van der Waals surface area contributed by atoms with Gasteiger partial charge in [-0.2, -0.15) is 0 Å². The highest BCUT2D eigenvalue weighted by molar-refractivity contribution is 7.13. The number of nitrogens with one attached hydrogen (secondary N) is 3. The Morgan fingerprint density at radius 1 is 1.32 bits per heavy atom. The van der Waals surface area contributed by atoms with Gasteiger partial charge < -0.3 is 10.6 Å². The van der Waals surface area contributed by atoms with Gasteiger partial charge in [-0.1, -0.05) is 23.8 Å². The van der Waals surface area contributed by atoms with Gasteiger partial charge in [0.2, 0.25) is 5.95 Å². The van der Waals surface area contributed by atoms with Crippen LogP contribution in [0.3, 0.4) is 0 Å². The number of H-pyrrole nitrogens is 1. The topological polar surface area (TPSA) is 82.7 Å². The van der Waals surface area contributed by atoms with Crippen LogP contribution >= 0.6 is 11.3 Å². The largest absolute Gasteiger partial charge is 0.350 e. The Morgan fingerprint density at radius 2 is 2.24 bits per heavy atom. The first-order valence-corrected chi connectivity index (χ1v) is 9.15. The van der Waals surface area contributed by atoms with E-state index in [4.69, 9.17) is 0 Å². The molecule has 0 radical (unpaired) electrons. The molecule has 4 rings (SSSR count). The summed E-state index contributed by atoms with van der Waals surface area (Å²) >= 11 is 1.62. The molecule has 2 aromatic heterocycles. The van der Waals surface area contributed by atoms with Crippen molar-refractivity contribution in [3.63, 3.8) is 0 Å². The van der Waals surface area contributed by atoms with Gasteiger partial charge in [0.1, 0.15) is 5.01 Å². The number of benzene rings is 1. The first-order valence-electron chi connectivity index (χ1n) is 8.27. The predicted molar refractivity (Wildman–Crippen MR) is 99.9 cm³/mol. The predicted octanol–water partition coefficient (Wildman–Crippen LogP) is 2.46. The molecular formula is C18H19N5OS. The van der Waals surface area contributed by atoms with Crippen molar-refractivity contribution in [2.45, 2.75) is 26.4 Å². The minimum absolute atomic E-state index is 0.0484. The Hall–Kier alpha value is -2.51. The van der Waals surface area contributed by atoms with Gasteiger partial charge in [-0.3, -0.25) is 9.78 Å². The fourth-order valence-corrected chi connectivity index (χ4v) is 3.74. The van der Waals surface area contributed by atoms with Crippen LogP contribution in [0.5, 0.6) is 0 Å². The average molecular weight is 353 g/mol. The van der Waals surface area contributed by atoms with Crippen LogP contribution in [0.1, 0.15) is 22.5 Å². The number of aryl methyl sites for hydroxylation is 1. The van der Waals surface area contributed by atoms with Crippen LogP contribution in [0.2, 0.25) is 0 Å². The van der Waals surface area contributed by atoms with Crippen molar-refractivity contribution < 1.29 is 0 Å². The smallest absolute Gasteiger partial charge is 0.255 e. The fourth-order valence-electron chi connectivity index (χ4n) is 2.93. The van der Waals surface area contributed by atoms with E-state index in [0.29, 0.717) is 19.0 Å². The SMILES string of the molecule is Cc1cccc(-c2nc(CNc3nc4c(c(=O)[nH]3)CCNC4)cs2)c1. The maximum absolute atomic E-state index is 12.1. The Labute approximate surface area is 149 Å². The zero-order chi connectivity index (χ0) is 17.2. The van der Waals surface area contributed by atoms with E-state index < -0.39 is 0 Å². The van der Waals surface area contributed by atoms with Crippen LogP contribution in [0.25, 0.3) is 10.6 Å². The highest BCUT2D eigenvalue weighted by Gasteiger charge is 2.15. The van der Waals surface area contributed by atoms with Crippen LogP contribution in [0.4, 0.5) is 5.95 Å². The third kappa shape index (κ3) is 3.47. The van der Waals surface area contributed by atoms with E-state index in [-0.39, 0.29) is 5.56 Å². The maximum Gasteiger partial charge on any atom is 0.255 e. The number of hydrogen-bond acceptors (Lipinski definition) is 6. The van der Waals surface area contributed by atoms with E-state index >= 15 is 0 Å². The standard InChI is InChI=1S/C18H19N5OS/c1-11-3-2-4-12(7-11)17-21-13(10-25-17)8-20-18-22-15-9-19-6-5-14(15)16(24)23-18/h2-4,7,10,19H,5-6,8-9H2,1H3,(H2,20,22,23,24). The van der Waals surface area contributed by atoms with Crippen molar-refractivity contribution in [3.8, 4) is 10.6 Å². The van der Waals surface area contributed by atoms with Crippen LogP contribution in [0.15, 0.2) is 34.4 Å². The Morgan fingerprint density at radius 3 is 3.12 bits per heavy atom. The minimum atomic E-state index is -0.0484. The highest BCUT2D eigenvalue weighted by atomic mass is 32.1. The molecule has 0 aliphatic carbocycles. The van der Waals surface area contributed by atoms with Gasteiger partial charge in [0.15, 0.2) is 0 Å². The zero-order valence-electron chi connectivity index (χ0n) is 13.9. The molecule has 6 nitrogen and oxygen atoms in total. The molecule has 0 unspecified atom stereocenters. The van der Waals surface area contributed by atoms with Crippen molar-refractivity contribution in [2.75, 3.05) is 11.9 Å². The number of rotatable bonds is 4. The van der Waals surface area contributed by atoms with Crippen molar-refractivity contribution in [1.29, 1.82) is 0 Å². The summed E-state index contributed by atoms with van der Waals surface area (Å²) in [5, 5.41) is 9.45. The van der Waals surface area contributed by atoms with Crippen LogP contribution in [-0.2, 0) is 19.5 Å². The van der Waals surface area contributed by atoms with Crippen molar-refractivity contribution in [2.24, 2.45) is 0 Å². The van der Waals surface area contributed by atoms with E-state index in [1.165, 1.54) is 5.56 Å². The third-order valence-electron chi connectivity index (χ3n) is 4.20. The zero-order valence-corrected chi connectivity index (χ0v) is 14.7. The molecule has 1 aliphatic rings. The lowest BCUT2D eigenvalue weighted by atomic mass is 10.1. The molecule has 1 aliphatic heterocycles.